The third-order valence-electron chi connectivity index (χ3n) is 4.65. The van der Waals surface area contributed by atoms with Gasteiger partial charge in [0.1, 0.15) is 0 Å². The normalized spacial score (nSPS) is 20.4. The van der Waals surface area contributed by atoms with Crippen LogP contribution in [-0.4, -0.2) is 21.9 Å². The Labute approximate surface area is 147 Å². The molecule has 5 heteroatoms. The molecule has 0 amide bonds. The van der Waals surface area contributed by atoms with Gasteiger partial charge in [0.05, 0.1) is 11.0 Å². The van der Waals surface area contributed by atoms with Crippen molar-refractivity contribution < 1.29 is 14.8 Å². The van der Waals surface area contributed by atoms with Crippen LogP contribution in [0.4, 0.5) is 5.69 Å². The van der Waals surface area contributed by atoms with Crippen LogP contribution in [0.25, 0.3) is 6.08 Å². The quantitative estimate of drug-likeness (QED) is 0.494. The summed E-state index contributed by atoms with van der Waals surface area (Å²) in [7, 11) is 0. The van der Waals surface area contributed by atoms with E-state index in [1.807, 2.05) is 6.92 Å². The van der Waals surface area contributed by atoms with Gasteiger partial charge in [-0.3, -0.25) is 14.9 Å². The first-order chi connectivity index (χ1) is 11.7. The second kappa shape index (κ2) is 7.57. The number of aliphatic hydroxyl groups is 1. The number of nitro benzene ring substituents is 1. The number of allylic oxidation sites excluding steroid dienone is 4. The molecule has 1 atom stereocenters. The van der Waals surface area contributed by atoms with E-state index in [4.69, 9.17) is 0 Å². The molecule has 0 bridgehead atoms. The summed E-state index contributed by atoms with van der Waals surface area (Å²) < 4.78 is 0. The Morgan fingerprint density at radius 3 is 2.44 bits per heavy atom. The van der Waals surface area contributed by atoms with Crippen LogP contribution >= 0.6 is 0 Å². The standard InChI is InChI=1S/C20H23NO4/c1-14-18(20(2,3)13-12-19(14)23)11-10-17(22)9-6-15-4-7-16(8-5-15)21(24)25/h4-11,19,23H,12-13H2,1-3H3/b9-6+,11-10+. The van der Waals surface area contributed by atoms with Crippen LogP contribution < -0.4 is 0 Å². The fourth-order valence-electron chi connectivity index (χ4n) is 3.03. The van der Waals surface area contributed by atoms with Gasteiger partial charge in [0.15, 0.2) is 5.78 Å². The van der Waals surface area contributed by atoms with Gasteiger partial charge in [-0.15, -0.1) is 0 Å². The van der Waals surface area contributed by atoms with Gasteiger partial charge in [0, 0.05) is 12.1 Å². The number of benzene rings is 1. The van der Waals surface area contributed by atoms with E-state index in [0.717, 1.165) is 29.6 Å². The first-order valence-corrected chi connectivity index (χ1v) is 8.24. The summed E-state index contributed by atoms with van der Waals surface area (Å²) in [6.45, 7) is 6.13. The second-order valence-electron chi connectivity index (χ2n) is 6.95. The van der Waals surface area contributed by atoms with Crippen molar-refractivity contribution >= 4 is 17.5 Å². The maximum absolute atomic E-state index is 12.1. The van der Waals surface area contributed by atoms with Crippen LogP contribution in [0.15, 0.2) is 53.6 Å². The zero-order chi connectivity index (χ0) is 18.6. The van der Waals surface area contributed by atoms with E-state index >= 15 is 0 Å². The number of hydrogen-bond donors (Lipinski definition) is 1. The number of ketones is 1. The van der Waals surface area contributed by atoms with Gasteiger partial charge in [-0.25, -0.2) is 0 Å². The first kappa shape index (κ1) is 18.8. The summed E-state index contributed by atoms with van der Waals surface area (Å²) in [6, 6.07) is 6.00. The predicted octanol–water partition coefficient (Wildman–Crippen LogP) is 4.23. The van der Waals surface area contributed by atoms with E-state index in [1.165, 1.54) is 24.3 Å². The molecule has 0 saturated heterocycles. The van der Waals surface area contributed by atoms with Crippen molar-refractivity contribution in [2.24, 2.45) is 5.41 Å². The van der Waals surface area contributed by atoms with Crippen molar-refractivity contribution in [3.8, 4) is 0 Å². The lowest BCUT2D eigenvalue weighted by Gasteiger charge is -2.35. The molecule has 0 radical (unpaired) electrons. The van der Waals surface area contributed by atoms with Gasteiger partial charge in [-0.05, 0) is 66.2 Å². The molecule has 0 aromatic heterocycles. The number of hydrogen-bond acceptors (Lipinski definition) is 4. The molecule has 2 rings (SSSR count). The Bertz CT molecular complexity index is 754. The Balaban J connectivity index is 2.09. The minimum absolute atomic E-state index is 0.0175. The van der Waals surface area contributed by atoms with Crippen LogP contribution in [0.2, 0.25) is 0 Å². The van der Waals surface area contributed by atoms with Gasteiger partial charge in [-0.2, -0.15) is 0 Å². The molecule has 0 saturated carbocycles. The van der Waals surface area contributed by atoms with Crippen molar-refractivity contribution in [3.05, 3.63) is 69.3 Å². The molecule has 0 fully saturated rings. The van der Waals surface area contributed by atoms with Crippen LogP contribution in [0, 0.1) is 15.5 Å². The Kier molecular flexibility index (Phi) is 5.69. The van der Waals surface area contributed by atoms with Gasteiger partial charge >= 0.3 is 0 Å². The number of aliphatic hydroxyl groups excluding tert-OH is 1. The van der Waals surface area contributed by atoms with Gasteiger partial charge < -0.3 is 5.11 Å². The van der Waals surface area contributed by atoms with Crippen molar-refractivity contribution in [1.29, 1.82) is 0 Å². The van der Waals surface area contributed by atoms with E-state index in [-0.39, 0.29) is 16.9 Å². The minimum Gasteiger partial charge on any atom is -0.389 e. The third kappa shape index (κ3) is 4.73. The van der Waals surface area contributed by atoms with Gasteiger partial charge in [0.2, 0.25) is 0 Å². The molecule has 0 spiro atoms. The molecule has 0 aliphatic heterocycles. The predicted molar refractivity (Wildman–Crippen MR) is 98.0 cm³/mol. The van der Waals surface area contributed by atoms with Crippen molar-refractivity contribution in [2.75, 3.05) is 0 Å². The largest absolute Gasteiger partial charge is 0.389 e. The number of rotatable bonds is 5. The average Bonchev–Trinajstić information content (AvgIpc) is 2.57. The molecule has 1 aromatic carbocycles. The molecule has 1 aliphatic carbocycles. The summed E-state index contributed by atoms with van der Waals surface area (Å²) in [5, 5.41) is 20.6. The molecule has 25 heavy (non-hydrogen) atoms. The lowest BCUT2D eigenvalue weighted by atomic mass is 9.71. The smallest absolute Gasteiger partial charge is 0.269 e. The van der Waals surface area contributed by atoms with Crippen molar-refractivity contribution in [1.82, 2.24) is 0 Å². The zero-order valence-electron chi connectivity index (χ0n) is 14.7. The van der Waals surface area contributed by atoms with Crippen LogP contribution in [0.5, 0.6) is 0 Å². The maximum Gasteiger partial charge on any atom is 0.269 e. The SMILES string of the molecule is CC1=C(/C=C/C(=O)/C=C/c2ccc([N+](=O)[O-])cc2)C(C)(C)CCC1O. The van der Waals surface area contributed by atoms with Crippen molar-refractivity contribution in [3.63, 3.8) is 0 Å². The topological polar surface area (TPSA) is 80.4 Å². The summed E-state index contributed by atoms with van der Waals surface area (Å²) in [4.78, 5) is 22.2. The number of carbonyl (C=O) groups excluding carboxylic acids is 1. The summed E-state index contributed by atoms with van der Waals surface area (Å²) in [5.74, 6) is -0.172. The Morgan fingerprint density at radius 1 is 1.24 bits per heavy atom. The second-order valence-corrected chi connectivity index (χ2v) is 6.95. The average molecular weight is 341 g/mol. The fraction of sp³-hybridized carbons (Fsp3) is 0.350. The van der Waals surface area contributed by atoms with E-state index in [0.29, 0.717) is 0 Å². The highest BCUT2D eigenvalue weighted by Crippen LogP contribution is 2.40. The summed E-state index contributed by atoms with van der Waals surface area (Å²) in [6.07, 6.45) is 7.51. The fourth-order valence-corrected chi connectivity index (χ4v) is 3.03. The molecule has 132 valence electrons. The highest BCUT2D eigenvalue weighted by atomic mass is 16.6. The first-order valence-electron chi connectivity index (χ1n) is 8.24. The molecule has 1 aromatic rings. The zero-order valence-corrected chi connectivity index (χ0v) is 14.7. The number of nitro groups is 1. The molecule has 1 N–H and O–H groups in total. The van der Waals surface area contributed by atoms with Crippen molar-refractivity contribution in [2.45, 2.75) is 39.7 Å². The number of non-ortho nitro benzene ring substituents is 1. The highest BCUT2D eigenvalue weighted by Gasteiger charge is 2.30. The molecular weight excluding hydrogens is 318 g/mol. The molecule has 0 heterocycles. The lowest BCUT2D eigenvalue weighted by Crippen LogP contribution is -2.27. The molecule has 5 nitrogen and oxygen atoms in total. The number of nitrogens with zero attached hydrogens (tertiary/aromatic N) is 1. The van der Waals surface area contributed by atoms with Gasteiger partial charge in [-0.1, -0.05) is 26.0 Å². The van der Waals surface area contributed by atoms with E-state index < -0.39 is 11.0 Å². The Hall–Kier alpha value is -2.53. The monoisotopic (exact) mass is 341 g/mol. The summed E-state index contributed by atoms with van der Waals surface area (Å²) >= 11 is 0. The summed E-state index contributed by atoms with van der Waals surface area (Å²) in [5.41, 5.74) is 2.59. The van der Waals surface area contributed by atoms with Crippen LogP contribution in [0.3, 0.4) is 0 Å². The Morgan fingerprint density at radius 2 is 1.84 bits per heavy atom. The molecule has 1 aliphatic rings. The van der Waals surface area contributed by atoms with Gasteiger partial charge in [0.25, 0.3) is 5.69 Å². The van der Waals surface area contributed by atoms with Crippen LogP contribution in [-0.2, 0) is 4.79 Å². The van der Waals surface area contributed by atoms with E-state index in [9.17, 15) is 20.0 Å². The maximum atomic E-state index is 12.1. The van der Waals surface area contributed by atoms with Crippen LogP contribution in [0.1, 0.15) is 39.2 Å². The van der Waals surface area contributed by atoms with E-state index in [1.54, 1.807) is 24.3 Å². The van der Waals surface area contributed by atoms with E-state index in [2.05, 4.69) is 13.8 Å². The number of carbonyl (C=O) groups is 1. The molecular formula is C20H23NO4. The minimum atomic E-state index is -0.461. The third-order valence-corrected chi connectivity index (χ3v) is 4.65. The lowest BCUT2D eigenvalue weighted by molar-refractivity contribution is -0.384. The molecule has 1 unspecified atom stereocenters. The highest BCUT2D eigenvalue weighted by molar-refractivity contribution is 6.02.